The molecule has 0 amide bonds. The van der Waals surface area contributed by atoms with Crippen LogP contribution in [-0.2, 0) is 6.54 Å². The number of likely N-dealkylation sites (tertiary alicyclic amines) is 1. The maximum atomic E-state index is 12.3. The maximum absolute atomic E-state index is 12.3. The van der Waals surface area contributed by atoms with Gasteiger partial charge in [0.2, 0.25) is 0 Å². The molecule has 5 nitrogen and oxygen atoms in total. The Morgan fingerprint density at radius 2 is 1.96 bits per heavy atom. The van der Waals surface area contributed by atoms with Gasteiger partial charge in [-0.15, -0.1) is 0 Å². The van der Waals surface area contributed by atoms with Crippen molar-refractivity contribution in [2.75, 3.05) is 13.1 Å². The number of benzene rings is 1. The quantitative estimate of drug-likeness (QED) is 0.783. The van der Waals surface area contributed by atoms with Crippen molar-refractivity contribution >= 4 is 17.2 Å². The van der Waals surface area contributed by atoms with E-state index in [2.05, 4.69) is 22.0 Å². The molecule has 1 aliphatic heterocycles. The van der Waals surface area contributed by atoms with Crippen LogP contribution in [0.15, 0.2) is 59.5 Å². The standard InChI is InChI=1S/C19H19ClN4O/c20-14-6-7-18-22-15(8-19(25)24(18)9-14)10-23-11-16(17(21)12-23)13-4-2-1-3-5-13/h1-9,16-17H,10-12,21H2/t16-,17+/m0/s1. The van der Waals surface area contributed by atoms with Gasteiger partial charge in [0.1, 0.15) is 5.65 Å². The van der Waals surface area contributed by atoms with Crippen molar-refractivity contribution in [2.24, 2.45) is 5.73 Å². The fraction of sp³-hybridized carbons (Fsp3) is 0.263. The largest absolute Gasteiger partial charge is 0.326 e. The van der Waals surface area contributed by atoms with Gasteiger partial charge in [-0.2, -0.15) is 0 Å². The Kier molecular flexibility index (Phi) is 4.29. The molecular formula is C19H19ClN4O. The Balaban J connectivity index is 1.56. The summed E-state index contributed by atoms with van der Waals surface area (Å²) in [5, 5.41) is 0.514. The number of halogens is 1. The molecule has 1 fully saturated rings. The first kappa shape index (κ1) is 16.3. The summed E-state index contributed by atoms with van der Waals surface area (Å²) in [7, 11) is 0. The number of hydrogen-bond acceptors (Lipinski definition) is 4. The summed E-state index contributed by atoms with van der Waals surface area (Å²) >= 11 is 5.95. The Bertz CT molecular complexity index is 957. The number of rotatable bonds is 3. The van der Waals surface area contributed by atoms with E-state index in [0.29, 0.717) is 23.1 Å². The molecule has 1 aliphatic rings. The number of nitrogens with two attached hydrogens (primary N) is 1. The van der Waals surface area contributed by atoms with Crippen molar-refractivity contribution in [3.63, 3.8) is 0 Å². The minimum atomic E-state index is -0.120. The van der Waals surface area contributed by atoms with E-state index in [-0.39, 0.29) is 11.6 Å². The molecule has 3 aromatic rings. The highest BCUT2D eigenvalue weighted by atomic mass is 35.5. The Hall–Kier alpha value is -2.21. The predicted molar refractivity (Wildman–Crippen MR) is 98.9 cm³/mol. The van der Waals surface area contributed by atoms with Crippen molar-refractivity contribution in [3.8, 4) is 0 Å². The number of pyridine rings is 1. The fourth-order valence-electron chi connectivity index (χ4n) is 3.53. The van der Waals surface area contributed by atoms with Crippen LogP contribution in [0.3, 0.4) is 0 Å². The van der Waals surface area contributed by atoms with Crippen molar-refractivity contribution in [1.82, 2.24) is 14.3 Å². The fourth-order valence-corrected chi connectivity index (χ4v) is 3.69. The molecule has 0 radical (unpaired) electrons. The van der Waals surface area contributed by atoms with Gasteiger partial charge in [0.05, 0.1) is 10.7 Å². The Morgan fingerprint density at radius 3 is 2.76 bits per heavy atom. The molecule has 25 heavy (non-hydrogen) atoms. The van der Waals surface area contributed by atoms with E-state index in [9.17, 15) is 4.79 Å². The van der Waals surface area contributed by atoms with E-state index in [4.69, 9.17) is 17.3 Å². The molecule has 2 aromatic heterocycles. The summed E-state index contributed by atoms with van der Waals surface area (Å²) in [6.45, 7) is 2.28. The normalized spacial score (nSPS) is 21.0. The molecular weight excluding hydrogens is 336 g/mol. The van der Waals surface area contributed by atoms with Gasteiger partial charge in [0.25, 0.3) is 5.56 Å². The smallest absolute Gasteiger partial charge is 0.258 e. The first-order valence-corrected chi connectivity index (χ1v) is 8.69. The molecule has 0 bridgehead atoms. The van der Waals surface area contributed by atoms with Crippen molar-refractivity contribution < 1.29 is 0 Å². The zero-order valence-electron chi connectivity index (χ0n) is 13.7. The molecule has 0 spiro atoms. The van der Waals surface area contributed by atoms with Crippen LogP contribution in [-0.4, -0.2) is 33.4 Å². The Labute approximate surface area is 150 Å². The molecule has 0 unspecified atom stereocenters. The second kappa shape index (κ2) is 6.59. The number of nitrogens with zero attached hydrogens (tertiary/aromatic N) is 3. The Morgan fingerprint density at radius 1 is 1.16 bits per heavy atom. The average Bonchev–Trinajstić information content (AvgIpc) is 2.97. The van der Waals surface area contributed by atoms with Gasteiger partial charge in [-0.25, -0.2) is 4.98 Å². The molecule has 6 heteroatoms. The number of hydrogen-bond donors (Lipinski definition) is 1. The van der Waals surface area contributed by atoms with Gasteiger partial charge < -0.3 is 5.73 Å². The zero-order valence-corrected chi connectivity index (χ0v) is 14.4. The van der Waals surface area contributed by atoms with E-state index in [1.165, 1.54) is 9.96 Å². The summed E-state index contributed by atoms with van der Waals surface area (Å²) < 4.78 is 1.47. The molecule has 0 saturated carbocycles. The average molecular weight is 355 g/mol. The third-order valence-electron chi connectivity index (χ3n) is 4.73. The minimum absolute atomic E-state index is 0.0859. The lowest BCUT2D eigenvalue weighted by Crippen LogP contribution is -2.29. The van der Waals surface area contributed by atoms with Crippen LogP contribution in [0, 0.1) is 0 Å². The topological polar surface area (TPSA) is 63.6 Å². The van der Waals surface area contributed by atoms with Crippen molar-refractivity contribution in [1.29, 1.82) is 0 Å². The summed E-state index contributed by atoms with van der Waals surface area (Å²) in [6, 6.07) is 15.5. The van der Waals surface area contributed by atoms with Gasteiger partial charge in [-0.1, -0.05) is 41.9 Å². The first-order valence-electron chi connectivity index (χ1n) is 8.31. The molecule has 2 atom stereocenters. The highest BCUT2D eigenvalue weighted by molar-refractivity contribution is 6.30. The number of fused-ring (bicyclic) bond motifs is 1. The van der Waals surface area contributed by atoms with Crippen LogP contribution in [0.1, 0.15) is 17.2 Å². The summed E-state index contributed by atoms with van der Waals surface area (Å²) in [4.78, 5) is 19.1. The monoisotopic (exact) mass is 354 g/mol. The maximum Gasteiger partial charge on any atom is 0.258 e. The summed E-state index contributed by atoms with van der Waals surface area (Å²) in [6.07, 6.45) is 1.59. The molecule has 1 aromatic carbocycles. The SMILES string of the molecule is N[C@@H]1CN(Cc2cc(=O)n3cc(Cl)ccc3n2)C[C@H]1c1ccccc1. The first-order chi connectivity index (χ1) is 12.1. The molecule has 128 valence electrons. The van der Waals surface area contributed by atoms with E-state index in [0.717, 1.165) is 18.8 Å². The zero-order chi connectivity index (χ0) is 17.4. The van der Waals surface area contributed by atoms with Gasteiger partial charge in [-0.3, -0.25) is 14.1 Å². The van der Waals surface area contributed by atoms with Crippen LogP contribution in [0.2, 0.25) is 5.02 Å². The lowest BCUT2D eigenvalue weighted by Gasteiger charge is -2.16. The highest BCUT2D eigenvalue weighted by Gasteiger charge is 2.31. The second-order valence-electron chi connectivity index (χ2n) is 6.54. The van der Waals surface area contributed by atoms with Crippen LogP contribution in [0.25, 0.3) is 5.65 Å². The van der Waals surface area contributed by atoms with Crippen molar-refractivity contribution in [2.45, 2.75) is 18.5 Å². The number of aromatic nitrogens is 2. The molecule has 1 saturated heterocycles. The highest BCUT2D eigenvalue weighted by Crippen LogP contribution is 2.27. The van der Waals surface area contributed by atoms with Crippen LogP contribution in [0.5, 0.6) is 0 Å². The lowest BCUT2D eigenvalue weighted by atomic mass is 9.95. The third-order valence-corrected chi connectivity index (χ3v) is 4.95. The molecule has 2 N–H and O–H groups in total. The predicted octanol–water partition coefficient (Wildman–Crippen LogP) is 2.27. The molecule has 0 aliphatic carbocycles. The van der Waals surface area contributed by atoms with Gasteiger partial charge in [0, 0.05) is 43.9 Å². The summed E-state index contributed by atoms with van der Waals surface area (Å²) in [5.41, 5.74) is 8.86. The van der Waals surface area contributed by atoms with E-state index in [1.54, 1.807) is 24.4 Å². The lowest BCUT2D eigenvalue weighted by molar-refractivity contribution is 0.319. The summed E-state index contributed by atoms with van der Waals surface area (Å²) in [5.74, 6) is 0.307. The van der Waals surface area contributed by atoms with E-state index in [1.807, 2.05) is 18.2 Å². The van der Waals surface area contributed by atoms with Crippen LogP contribution in [0.4, 0.5) is 0 Å². The van der Waals surface area contributed by atoms with E-state index >= 15 is 0 Å². The van der Waals surface area contributed by atoms with E-state index < -0.39 is 0 Å². The van der Waals surface area contributed by atoms with Gasteiger partial charge in [0.15, 0.2) is 0 Å². The third kappa shape index (κ3) is 3.31. The van der Waals surface area contributed by atoms with Gasteiger partial charge >= 0.3 is 0 Å². The molecule has 4 rings (SSSR count). The van der Waals surface area contributed by atoms with Crippen LogP contribution < -0.4 is 11.3 Å². The van der Waals surface area contributed by atoms with Crippen LogP contribution >= 0.6 is 11.6 Å². The second-order valence-corrected chi connectivity index (χ2v) is 6.97. The van der Waals surface area contributed by atoms with Crippen molar-refractivity contribution in [3.05, 3.63) is 81.4 Å². The van der Waals surface area contributed by atoms with Gasteiger partial charge in [-0.05, 0) is 17.7 Å². The molecule has 3 heterocycles. The minimum Gasteiger partial charge on any atom is -0.326 e.